The SMILES string of the molecule is CC(C)N(CC1OC(Cn2cnc3c(N)ncnc32)[C@H](O)[C@@H]1O)C1CC(CCc2nc3ccc(C(C)(C)C)cc3[nH]2)C1. The van der Waals surface area contributed by atoms with Gasteiger partial charge in [0.15, 0.2) is 11.5 Å². The average Bonchev–Trinajstić information content (AvgIpc) is 3.59. The molecule has 11 heteroatoms. The van der Waals surface area contributed by atoms with Gasteiger partial charge < -0.3 is 30.2 Å². The maximum Gasteiger partial charge on any atom is 0.165 e. The quantitative estimate of drug-likeness (QED) is 0.235. The van der Waals surface area contributed by atoms with Crippen molar-refractivity contribution in [3.8, 4) is 0 Å². The van der Waals surface area contributed by atoms with Crippen molar-refractivity contribution in [2.75, 3.05) is 12.3 Å². The van der Waals surface area contributed by atoms with E-state index >= 15 is 0 Å². The number of rotatable bonds is 9. The Morgan fingerprint density at radius 2 is 1.88 bits per heavy atom. The van der Waals surface area contributed by atoms with Crippen molar-refractivity contribution in [3.63, 3.8) is 0 Å². The lowest BCUT2D eigenvalue weighted by molar-refractivity contribution is -0.0454. The minimum absolute atomic E-state index is 0.112. The first-order valence-corrected chi connectivity index (χ1v) is 15.2. The third-order valence-electron chi connectivity index (χ3n) is 9.19. The number of benzene rings is 1. The van der Waals surface area contributed by atoms with Crippen LogP contribution < -0.4 is 5.73 Å². The monoisotopic (exact) mass is 576 g/mol. The van der Waals surface area contributed by atoms with Gasteiger partial charge in [0.1, 0.15) is 36.0 Å². The summed E-state index contributed by atoms with van der Waals surface area (Å²) in [7, 11) is 0. The van der Waals surface area contributed by atoms with Crippen molar-refractivity contribution in [2.45, 2.75) is 109 Å². The fourth-order valence-corrected chi connectivity index (χ4v) is 6.54. The number of fused-ring (bicyclic) bond motifs is 2. The van der Waals surface area contributed by atoms with Crippen LogP contribution in [0.3, 0.4) is 0 Å². The highest BCUT2D eigenvalue weighted by atomic mass is 16.5. The second-order valence-electron chi connectivity index (χ2n) is 13.5. The van der Waals surface area contributed by atoms with E-state index in [0.717, 1.165) is 42.5 Å². The van der Waals surface area contributed by atoms with Crippen LogP contribution >= 0.6 is 0 Å². The maximum atomic E-state index is 10.9. The molecule has 4 heterocycles. The Bertz CT molecular complexity index is 1540. The molecule has 11 nitrogen and oxygen atoms in total. The Morgan fingerprint density at radius 1 is 1.12 bits per heavy atom. The Balaban J connectivity index is 1.03. The number of ether oxygens (including phenoxy) is 1. The van der Waals surface area contributed by atoms with Crippen LogP contribution in [0.25, 0.3) is 22.2 Å². The number of nitrogens with two attached hydrogens (primary N) is 1. The molecule has 4 aromatic rings. The van der Waals surface area contributed by atoms with Crippen molar-refractivity contribution in [1.29, 1.82) is 0 Å². The fraction of sp³-hybridized carbons (Fsp3) is 0.613. The Labute approximate surface area is 246 Å². The highest BCUT2D eigenvalue weighted by molar-refractivity contribution is 5.81. The summed E-state index contributed by atoms with van der Waals surface area (Å²) in [6.07, 6.45) is 4.26. The van der Waals surface area contributed by atoms with E-state index in [1.54, 1.807) is 10.9 Å². The zero-order valence-electron chi connectivity index (χ0n) is 25.2. The zero-order valence-corrected chi connectivity index (χ0v) is 25.2. The van der Waals surface area contributed by atoms with Crippen LogP contribution in [0.1, 0.15) is 65.3 Å². The molecular weight excluding hydrogens is 532 g/mol. The van der Waals surface area contributed by atoms with Gasteiger partial charge in [0.2, 0.25) is 0 Å². The van der Waals surface area contributed by atoms with Gasteiger partial charge in [-0.05, 0) is 62.1 Å². The largest absolute Gasteiger partial charge is 0.388 e. The Hall–Kier alpha value is -3.12. The first-order valence-electron chi connectivity index (χ1n) is 15.2. The number of aromatic nitrogens is 6. The molecule has 5 N–H and O–H groups in total. The second kappa shape index (κ2) is 11.2. The second-order valence-corrected chi connectivity index (χ2v) is 13.5. The summed E-state index contributed by atoms with van der Waals surface area (Å²) in [6, 6.07) is 7.27. The molecule has 0 amide bonds. The number of imidazole rings is 2. The van der Waals surface area contributed by atoms with Gasteiger partial charge in [0, 0.05) is 25.0 Å². The zero-order chi connectivity index (χ0) is 29.8. The lowest BCUT2D eigenvalue weighted by Gasteiger charge is -2.46. The van der Waals surface area contributed by atoms with Gasteiger partial charge in [-0.1, -0.05) is 26.8 Å². The van der Waals surface area contributed by atoms with Crippen LogP contribution in [0.15, 0.2) is 30.9 Å². The van der Waals surface area contributed by atoms with Crippen LogP contribution in [-0.4, -0.2) is 87.6 Å². The van der Waals surface area contributed by atoms with E-state index < -0.39 is 24.4 Å². The van der Waals surface area contributed by atoms with E-state index in [9.17, 15) is 10.2 Å². The Kier molecular flexibility index (Phi) is 7.71. The minimum atomic E-state index is -1.00. The number of aliphatic hydroxyl groups is 2. The number of aliphatic hydroxyl groups excluding tert-OH is 2. The van der Waals surface area contributed by atoms with Crippen LogP contribution in [0.5, 0.6) is 0 Å². The summed E-state index contributed by atoms with van der Waals surface area (Å²) in [5.74, 6) is 2.01. The molecule has 42 heavy (non-hydrogen) atoms. The predicted molar refractivity (Wildman–Crippen MR) is 162 cm³/mol. The normalized spacial score (nSPS) is 26.6. The predicted octanol–water partition coefficient (Wildman–Crippen LogP) is 3.19. The summed E-state index contributed by atoms with van der Waals surface area (Å²) < 4.78 is 8.04. The van der Waals surface area contributed by atoms with Crippen LogP contribution in [-0.2, 0) is 23.1 Å². The summed E-state index contributed by atoms with van der Waals surface area (Å²) in [6.45, 7) is 11.9. The third kappa shape index (κ3) is 5.62. The number of H-pyrrole nitrogens is 1. The number of aromatic amines is 1. The van der Waals surface area contributed by atoms with Crippen molar-refractivity contribution < 1.29 is 14.9 Å². The number of aryl methyl sites for hydroxylation is 1. The molecule has 0 bridgehead atoms. The fourth-order valence-electron chi connectivity index (χ4n) is 6.54. The van der Waals surface area contributed by atoms with Crippen LogP contribution in [0.4, 0.5) is 5.82 Å². The molecule has 1 aromatic carbocycles. The average molecular weight is 577 g/mol. The minimum Gasteiger partial charge on any atom is -0.388 e. The van der Waals surface area contributed by atoms with Crippen molar-refractivity contribution in [1.82, 2.24) is 34.4 Å². The number of nitrogen functional groups attached to an aromatic ring is 1. The molecule has 226 valence electrons. The van der Waals surface area contributed by atoms with Gasteiger partial charge in [-0.25, -0.2) is 19.9 Å². The van der Waals surface area contributed by atoms with Gasteiger partial charge >= 0.3 is 0 Å². The number of hydrogen-bond acceptors (Lipinski definition) is 9. The molecule has 6 rings (SSSR count). The van der Waals surface area contributed by atoms with E-state index in [-0.39, 0.29) is 5.41 Å². The van der Waals surface area contributed by atoms with E-state index in [1.165, 1.54) is 11.9 Å². The molecular formula is C31H44N8O3. The maximum absolute atomic E-state index is 10.9. The molecule has 1 saturated carbocycles. The lowest BCUT2D eigenvalue weighted by Crippen LogP contribution is -2.52. The van der Waals surface area contributed by atoms with E-state index in [0.29, 0.717) is 48.1 Å². The van der Waals surface area contributed by atoms with Gasteiger partial charge in [0.05, 0.1) is 30.0 Å². The Morgan fingerprint density at radius 3 is 2.62 bits per heavy atom. The van der Waals surface area contributed by atoms with Gasteiger partial charge in [0.25, 0.3) is 0 Å². The molecule has 3 aromatic heterocycles. The van der Waals surface area contributed by atoms with E-state index in [1.807, 2.05) is 0 Å². The molecule has 0 radical (unpaired) electrons. The van der Waals surface area contributed by atoms with Crippen molar-refractivity contribution >= 4 is 28.0 Å². The number of nitrogens with one attached hydrogen (secondary N) is 1. The van der Waals surface area contributed by atoms with Crippen LogP contribution in [0.2, 0.25) is 0 Å². The van der Waals surface area contributed by atoms with Crippen molar-refractivity contribution in [2.24, 2.45) is 5.92 Å². The first kappa shape index (κ1) is 29.0. The summed E-state index contributed by atoms with van der Waals surface area (Å²) in [5.41, 5.74) is 10.6. The first-order chi connectivity index (χ1) is 20.0. The number of hydrogen-bond donors (Lipinski definition) is 4. The third-order valence-corrected chi connectivity index (χ3v) is 9.19. The summed E-state index contributed by atoms with van der Waals surface area (Å²) >= 11 is 0. The summed E-state index contributed by atoms with van der Waals surface area (Å²) in [5, 5.41) is 21.8. The number of nitrogens with zero attached hydrogens (tertiary/aromatic N) is 6. The molecule has 1 saturated heterocycles. The van der Waals surface area contributed by atoms with E-state index in [4.69, 9.17) is 15.5 Å². The van der Waals surface area contributed by atoms with Gasteiger partial charge in [-0.15, -0.1) is 0 Å². The lowest BCUT2D eigenvalue weighted by atomic mass is 9.76. The summed E-state index contributed by atoms with van der Waals surface area (Å²) in [4.78, 5) is 23.4. The molecule has 1 aliphatic heterocycles. The topological polar surface area (TPSA) is 151 Å². The van der Waals surface area contributed by atoms with Gasteiger partial charge in [-0.2, -0.15) is 0 Å². The highest BCUT2D eigenvalue weighted by Gasteiger charge is 2.45. The standard InChI is InChI=1S/C31H44N8O3/c1-17(2)39(14-24-28(41)27(40)23(42-24)13-38-16-35-26-29(32)33-15-34-30(26)38)20-10-18(11-20)6-9-25-36-21-8-7-19(31(3,4)5)12-22(21)37-25/h7-8,12,15-18,20,23-24,27-28,40-41H,6,9-11,13-14H2,1-5H3,(H,36,37)(H2,32,33,34)/t18?,20?,23?,24?,27-,28+/m0/s1. The van der Waals surface area contributed by atoms with Gasteiger partial charge in [-0.3, -0.25) is 4.90 Å². The molecule has 0 spiro atoms. The highest BCUT2D eigenvalue weighted by Crippen LogP contribution is 2.37. The molecule has 4 atom stereocenters. The van der Waals surface area contributed by atoms with Crippen molar-refractivity contribution in [3.05, 3.63) is 42.2 Å². The van der Waals surface area contributed by atoms with E-state index in [2.05, 4.69) is 77.7 Å². The number of anilines is 1. The molecule has 1 aliphatic carbocycles. The molecule has 2 fully saturated rings. The molecule has 2 aliphatic rings. The molecule has 2 unspecified atom stereocenters. The smallest absolute Gasteiger partial charge is 0.165 e. The van der Waals surface area contributed by atoms with Crippen LogP contribution in [0, 0.1) is 5.92 Å².